The number of ether oxygens (including phenoxy) is 2. The van der Waals surface area contributed by atoms with Gasteiger partial charge in [0.2, 0.25) is 5.91 Å². The Balaban J connectivity index is 1.77. The van der Waals surface area contributed by atoms with E-state index in [4.69, 9.17) is 9.47 Å². The maximum atomic E-state index is 14.4. The molecule has 1 amide bonds. The second-order valence-electron chi connectivity index (χ2n) is 11.4. The van der Waals surface area contributed by atoms with Gasteiger partial charge < -0.3 is 30.1 Å². The Labute approximate surface area is 235 Å². The minimum Gasteiger partial charge on any atom is -0.481 e. The summed E-state index contributed by atoms with van der Waals surface area (Å²) in [4.78, 5) is 27.8. The third-order valence-corrected chi connectivity index (χ3v) is 9.11. The van der Waals surface area contributed by atoms with Gasteiger partial charge in [0.05, 0.1) is 31.3 Å². The number of nitrogens with one attached hydrogen (secondary N) is 1. The lowest BCUT2D eigenvalue weighted by Gasteiger charge is -2.60. The highest BCUT2D eigenvalue weighted by atomic mass is 16.5. The van der Waals surface area contributed by atoms with Crippen LogP contribution in [0.3, 0.4) is 0 Å². The van der Waals surface area contributed by atoms with E-state index >= 15 is 0 Å². The van der Waals surface area contributed by atoms with Crippen LogP contribution in [0.4, 0.5) is 0 Å². The molecule has 2 aromatic carbocycles. The van der Waals surface area contributed by atoms with Crippen molar-refractivity contribution < 1.29 is 34.4 Å². The molecule has 8 heteroatoms. The van der Waals surface area contributed by atoms with E-state index in [1.54, 1.807) is 0 Å². The highest BCUT2D eigenvalue weighted by Gasteiger charge is 2.71. The number of carboxylic acids is 1. The van der Waals surface area contributed by atoms with Crippen LogP contribution in [0.2, 0.25) is 0 Å². The summed E-state index contributed by atoms with van der Waals surface area (Å²) in [6.45, 7) is 3.52. The summed E-state index contributed by atoms with van der Waals surface area (Å²) in [6.07, 6.45) is 4.11. The van der Waals surface area contributed by atoms with Crippen LogP contribution in [0.1, 0.15) is 81.0 Å². The number of amides is 1. The second-order valence-corrected chi connectivity index (χ2v) is 11.4. The monoisotopic (exact) mass is 551 g/mol. The maximum absolute atomic E-state index is 14.4. The van der Waals surface area contributed by atoms with E-state index in [-0.39, 0.29) is 19.3 Å². The second kappa shape index (κ2) is 11.6. The molecule has 4 N–H and O–H groups in total. The molecule has 4 aliphatic carbocycles. The van der Waals surface area contributed by atoms with Crippen molar-refractivity contribution in [2.24, 2.45) is 11.8 Å². The number of fused-ring (bicyclic) bond motifs is 1. The summed E-state index contributed by atoms with van der Waals surface area (Å²) < 4.78 is 13.3. The average Bonchev–Trinajstić information content (AvgIpc) is 2.98. The van der Waals surface area contributed by atoms with Crippen LogP contribution in [0.15, 0.2) is 48.5 Å². The third-order valence-electron chi connectivity index (χ3n) is 9.11. The lowest BCUT2D eigenvalue weighted by Crippen LogP contribution is -2.68. The summed E-state index contributed by atoms with van der Waals surface area (Å²) >= 11 is 0. The molecule has 40 heavy (non-hydrogen) atoms. The van der Waals surface area contributed by atoms with Crippen molar-refractivity contribution in [3.63, 3.8) is 0 Å². The van der Waals surface area contributed by atoms with Crippen LogP contribution in [-0.2, 0) is 30.3 Å². The van der Waals surface area contributed by atoms with Crippen LogP contribution >= 0.6 is 0 Å². The molecule has 1 fully saturated rings. The lowest BCUT2D eigenvalue weighted by atomic mass is 9.49. The van der Waals surface area contributed by atoms with Gasteiger partial charge >= 0.3 is 5.97 Å². The van der Waals surface area contributed by atoms with Gasteiger partial charge in [-0.2, -0.15) is 0 Å². The fourth-order valence-corrected chi connectivity index (χ4v) is 7.06. The number of carboxylic acid groups (broad SMARTS) is 1. The molecule has 0 spiro atoms. The molecule has 0 aliphatic heterocycles. The van der Waals surface area contributed by atoms with E-state index in [2.05, 4.69) is 5.32 Å². The smallest absolute Gasteiger partial charge is 0.311 e. The van der Waals surface area contributed by atoms with Crippen LogP contribution in [-0.4, -0.2) is 58.7 Å². The Morgan fingerprint density at radius 2 is 1.23 bits per heavy atom. The van der Waals surface area contributed by atoms with Crippen molar-refractivity contribution in [1.82, 2.24) is 5.32 Å². The first-order valence-electron chi connectivity index (χ1n) is 14.7. The van der Waals surface area contributed by atoms with Crippen molar-refractivity contribution in [3.05, 3.63) is 70.8 Å². The summed E-state index contributed by atoms with van der Waals surface area (Å²) in [5.74, 6) is -4.09. The SMILES string of the molecule is CCC(O)COC12c3ccccc3C(OCC(O)CC)(c3ccccc31)C(C(=O)NC1CCCCC1)C2C(=O)O. The van der Waals surface area contributed by atoms with E-state index in [0.29, 0.717) is 35.1 Å². The number of hydrogen-bond acceptors (Lipinski definition) is 6. The van der Waals surface area contributed by atoms with Crippen LogP contribution < -0.4 is 5.32 Å². The van der Waals surface area contributed by atoms with Gasteiger partial charge in [-0.15, -0.1) is 0 Å². The number of rotatable bonds is 11. The highest BCUT2D eigenvalue weighted by Crippen LogP contribution is 2.65. The standard InChI is InChI=1S/C32H41NO7/c1-3-21(34)18-39-31-23-14-8-10-16-25(23)32(40-19-22(35)4-2,26-17-11-9-15-24(26)31)28(30(37)38)27(31)29(36)33-20-12-6-5-7-13-20/h8-11,14-17,20-22,27-28,34-35H,3-7,12-13,18-19H2,1-2H3,(H,33,36)(H,37,38). The Kier molecular flexibility index (Phi) is 8.34. The molecule has 2 bridgehead atoms. The van der Waals surface area contributed by atoms with E-state index in [1.807, 2.05) is 62.4 Å². The molecule has 0 aromatic heterocycles. The predicted molar refractivity (Wildman–Crippen MR) is 149 cm³/mol. The molecule has 4 unspecified atom stereocenters. The molecule has 4 aliphatic rings. The van der Waals surface area contributed by atoms with E-state index in [0.717, 1.165) is 32.1 Å². The molecule has 216 valence electrons. The zero-order chi connectivity index (χ0) is 28.5. The molecular formula is C32H41NO7. The Bertz CT molecular complexity index is 1180. The van der Waals surface area contributed by atoms with Gasteiger partial charge in [-0.1, -0.05) is 81.6 Å². The molecule has 1 saturated carbocycles. The fourth-order valence-electron chi connectivity index (χ4n) is 7.06. The molecule has 8 nitrogen and oxygen atoms in total. The molecule has 4 atom stereocenters. The van der Waals surface area contributed by atoms with Crippen molar-refractivity contribution in [2.75, 3.05) is 13.2 Å². The van der Waals surface area contributed by atoms with E-state index in [9.17, 15) is 24.9 Å². The average molecular weight is 552 g/mol. The predicted octanol–water partition coefficient (Wildman–Crippen LogP) is 3.84. The molecule has 0 saturated heterocycles. The maximum Gasteiger partial charge on any atom is 0.311 e. The molecule has 6 rings (SSSR count). The zero-order valence-corrected chi connectivity index (χ0v) is 23.3. The van der Waals surface area contributed by atoms with Crippen molar-refractivity contribution >= 4 is 11.9 Å². The van der Waals surface area contributed by atoms with Gasteiger partial charge in [0, 0.05) is 6.04 Å². The first-order chi connectivity index (χ1) is 19.3. The Morgan fingerprint density at radius 3 is 1.62 bits per heavy atom. The van der Waals surface area contributed by atoms with Crippen molar-refractivity contribution in [3.8, 4) is 0 Å². The normalized spacial score (nSPS) is 28.8. The molecule has 0 heterocycles. The number of hydrogen-bond donors (Lipinski definition) is 4. The number of aliphatic carboxylic acids is 1. The van der Waals surface area contributed by atoms with Gasteiger partial charge in [0.1, 0.15) is 17.1 Å². The van der Waals surface area contributed by atoms with Gasteiger partial charge in [0.25, 0.3) is 0 Å². The van der Waals surface area contributed by atoms with E-state index in [1.165, 1.54) is 0 Å². The number of carbonyl (C=O) groups excluding carboxylic acids is 1. The number of aliphatic hydroxyl groups is 2. The summed E-state index contributed by atoms with van der Waals surface area (Å²) in [6, 6.07) is 14.7. The Morgan fingerprint density at radius 1 is 0.800 bits per heavy atom. The molecular weight excluding hydrogens is 510 g/mol. The van der Waals surface area contributed by atoms with Crippen LogP contribution in [0.5, 0.6) is 0 Å². The summed E-state index contributed by atoms with van der Waals surface area (Å²) in [5, 5.41) is 35.3. The first-order valence-corrected chi connectivity index (χ1v) is 14.7. The quantitative estimate of drug-likeness (QED) is 0.334. The van der Waals surface area contributed by atoms with Crippen LogP contribution in [0, 0.1) is 11.8 Å². The topological polar surface area (TPSA) is 125 Å². The van der Waals surface area contributed by atoms with Crippen molar-refractivity contribution in [1.29, 1.82) is 0 Å². The largest absolute Gasteiger partial charge is 0.481 e. The van der Waals surface area contributed by atoms with Gasteiger partial charge in [-0.25, -0.2) is 0 Å². The summed E-state index contributed by atoms with van der Waals surface area (Å²) in [5.41, 5.74) is -0.458. The third kappa shape index (κ3) is 4.55. The molecule has 2 aromatic rings. The fraction of sp³-hybridized carbons (Fsp3) is 0.562. The van der Waals surface area contributed by atoms with Crippen molar-refractivity contribution in [2.45, 2.75) is 88.2 Å². The lowest BCUT2D eigenvalue weighted by molar-refractivity contribution is -0.206. The Hall–Kier alpha value is -2.78. The first kappa shape index (κ1) is 28.7. The number of carbonyl (C=O) groups is 2. The highest BCUT2D eigenvalue weighted by molar-refractivity contribution is 5.91. The van der Waals surface area contributed by atoms with E-state index < -0.39 is 47.1 Å². The minimum atomic E-state index is -1.53. The number of benzene rings is 2. The van der Waals surface area contributed by atoms with Crippen LogP contribution in [0.25, 0.3) is 0 Å². The summed E-state index contributed by atoms with van der Waals surface area (Å²) in [7, 11) is 0. The minimum absolute atomic E-state index is 0.0429. The number of aliphatic hydroxyl groups excluding tert-OH is 2. The molecule has 0 radical (unpaired) electrons. The van der Waals surface area contributed by atoms with Gasteiger partial charge in [-0.3, -0.25) is 9.59 Å². The zero-order valence-electron chi connectivity index (χ0n) is 23.3. The van der Waals surface area contributed by atoms with Gasteiger partial charge in [0.15, 0.2) is 0 Å². The van der Waals surface area contributed by atoms with Gasteiger partial charge in [-0.05, 0) is 47.9 Å².